The van der Waals surface area contributed by atoms with Crippen molar-refractivity contribution in [1.82, 2.24) is 15.0 Å². The van der Waals surface area contributed by atoms with Gasteiger partial charge in [-0.05, 0) is 49.6 Å². The van der Waals surface area contributed by atoms with Crippen LogP contribution >= 0.6 is 0 Å². The second-order valence-electron chi connectivity index (χ2n) is 10.9. The lowest BCUT2D eigenvalue weighted by Gasteiger charge is -2.36. The number of phenols is 1. The number of aromatic hydroxyl groups is 1. The number of hydrogen-bond donors (Lipinski definition) is 1. The number of esters is 1. The van der Waals surface area contributed by atoms with E-state index in [4.69, 9.17) is 14.2 Å². The number of fused-ring (bicyclic) bond motifs is 6. The molecule has 8 heteroatoms. The molecule has 42 heavy (non-hydrogen) atoms. The molecule has 1 spiro atoms. The van der Waals surface area contributed by atoms with Gasteiger partial charge in [0.1, 0.15) is 35.3 Å². The van der Waals surface area contributed by atoms with E-state index in [1.54, 1.807) is 24.3 Å². The van der Waals surface area contributed by atoms with Crippen molar-refractivity contribution in [2.45, 2.75) is 70.1 Å². The van der Waals surface area contributed by atoms with Crippen molar-refractivity contribution in [1.29, 1.82) is 0 Å². The van der Waals surface area contributed by atoms with Gasteiger partial charge in [-0.25, -0.2) is 4.79 Å². The Labute approximate surface area is 245 Å². The molecule has 2 aliphatic heterocycles. The van der Waals surface area contributed by atoms with Gasteiger partial charge in [0.15, 0.2) is 5.60 Å². The van der Waals surface area contributed by atoms with Crippen molar-refractivity contribution in [3.63, 3.8) is 0 Å². The molecule has 1 aromatic heterocycles. The molecule has 3 heterocycles. The number of aromatic nitrogens is 3. The fraction of sp³-hybridized carbons (Fsp3) is 0.324. The summed E-state index contributed by atoms with van der Waals surface area (Å²) in [6, 6.07) is 17.7. The first-order chi connectivity index (χ1) is 20.6. The van der Waals surface area contributed by atoms with E-state index >= 15 is 0 Å². The highest BCUT2D eigenvalue weighted by Gasteiger charge is 2.53. The third kappa shape index (κ3) is 5.36. The van der Waals surface area contributed by atoms with Gasteiger partial charge in [0.2, 0.25) is 0 Å². The van der Waals surface area contributed by atoms with E-state index in [-0.39, 0.29) is 12.4 Å². The van der Waals surface area contributed by atoms with Crippen LogP contribution in [0.2, 0.25) is 0 Å². The number of nitrogens with zero attached hydrogens (tertiary/aromatic N) is 3. The van der Waals surface area contributed by atoms with Crippen LogP contribution in [0.3, 0.4) is 0 Å². The SMILES string of the molecule is C=CCCCCCCCCCn1cc(COc2ccc3c(c2)Oc2cc(O)ccc2C32OC(=O)c3ccccc32)nn1. The number of aryl methyl sites for hydroxylation is 1. The van der Waals surface area contributed by atoms with E-state index in [0.29, 0.717) is 33.9 Å². The van der Waals surface area contributed by atoms with E-state index in [1.807, 2.05) is 47.3 Å². The number of rotatable bonds is 13. The number of phenolic OH excluding ortho intramolecular Hbond substituents is 1. The van der Waals surface area contributed by atoms with Gasteiger partial charge in [0, 0.05) is 35.4 Å². The molecule has 1 unspecified atom stereocenters. The Morgan fingerprint density at radius 1 is 0.905 bits per heavy atom. The van der Waals surface area contributed by atoms with E-state index in [0.717, 1.165) is 30.6 Å². The number of allylic oxidation sites excluding steroid dienone is 1. The number of carbonyl (C=O) groups is 1. The van der Waals surface area contributed by atoms with E-state index < -0.39 is 11.6 Å². The van der Waals surface area contributed by atoms with Crippen molar-refractivity contribution in [2.75, 3.05) is 0 Å². The molecular weight excluding hydrogens is 530 g/mol. The van der Waals surface area contributed by atoms with Gasteiger partial charge >= 0.3 is 5.97 Å². The predicted octanol–water partition coefficient (Wildman–Crippen LogP) is 7.44. The van der Waals surface area contributed by atoms with Gasteiger partial charge in [0.25, 0.3) is 0 Å². The Bertz CT molecular complexity index is 1600. The Hall–Kier alpha value is -4.59. The molecule has 0 amide bonds. The fourth-order valence-electron chi connectivity index (χ4n) is 5.85. The zero-order chi connectivity index (χ0) is 28.9. The lowest BCUT2D eigenvalue weighted by molar-refractivity contribution is 0.0224. The van der Waals surface area contributed by atoms with Gasteiger partial charge in [-0.15, -0.1) is 11.7 Å². The molecule has 1 N–H and O–H groups in total. The standard InChI is InChI=1S/C34H35N3O5/c1-2-3-4-5-6-7-8-9-12-19-37-22-24(35-36-37)23-40-26-16-18-30-32(21-26)41-31-20-25(38)15-17-29(31)34(30)28-14-11-10-13-27(28)33(39)42-34/h2,10-11,13-18,20-22,38H,1,3-9,12,19,23H2. The highest BCUT2D eigenvalue weighted by molar-refractivity contribution is 5.97. The summed E-state index contributed by atoms with van der Waals surface area (Å²) in [6.07, 6.45) is 13.6. The summed E-state index contributed by atoms with van der Waals surface area (Å²) < 4.78 is 20.3. The smallest absolute Gasteiger partial charge is 0.340 e. The Balaban J connectivity index is 1.11. The molecule has 4 aromatic rings. The molecular formula is C34H35N3O5. The van der Waals surface area contributed by atoms with Crippen LogP contribution in [-0.4, -0.2) is 26.1 Å². The molecule has 0 fully saturated rings. The first-order valence-electron chi connectivity index (χ1n) is 14.7. The number of benzene rings is 3. The molecule has 0 saturated carbocycles. The van der Waals surface area contributed by atoms with Crippen molar-refractivity contribution >= 4 is 5.97 Å². The minimum Gasteiger partial charge on any atom is -0.508 e. The Morgan fingerprint density at radius 3 is 2.48 bits per heavy atom. The van der Waals surface area contributed by atoms with Crippen molar-refractivity contribution in [3.8, 4) is 23.0 Å². The zero-order valence-electron chi connectivity index (χ0n) is 23.6. The Kier molecular flexibility index (Phi) is 7.95. The first kappa shape index (κ1) is 27.6. The third-order valence-electron chi connectivity index (χ3n) is 7.94. The number of hydrogen-bond acceptors (Lipinski definition) is 7. The summed E-state index contributed by atoms with van der Waals surface area (Å²) in [5.41, 5.74) is 2.14. The largest absolute Gasteiger partial charge is 0.508 e. The average molecular weight is 566 g/mol. The van der Waals surface area contributed by atoms with E-state index in [2.05, 4.69) is 16.9 Å². The van der Waals surface area contributed by atoms with Crippen molar-refractivity contribution in [2.24, 2.45) is 0 Å². The van der Waals surface area contributed by atoms with Crippen LogP contribution in [0.5, 0.6) is 23.0 Å². The highest BCUT2D eigenvalue weighted by Crippen LogP contribution is 2.56. The second-order valence-corrected chi connectivity index (χ2v) is 10.9. The molecule has 0 radical (unpaired) electrons. The molecule has 2 aliphatic rings. The minimum absolute atomic E-state index is 0.0553. The quantitative estimate of drug-likeness (QED) is 0.102. The maximum atomic E-state index is 13.0. The summed E-state index contributed by atoms with van der Waals surface area (Å²) in [4.78, 5) is 13.0. The maximum Gasteiger partial charge on any atom is 0.340 e. The molecule has 8 nitrogen and oxygen atoms in total. The summed E-state index contributed by atoms with van der Waals surface area (Å²) >= 11 is 0. The molecule has 1 atom stereocenters. The molecule has 216 valence electrons. The van der Waals surface area contributed by atoms with Gasteiger partial charge in [-0.1, -0.05) is 61.6 Å². The van der Waals surface area contributed by atoms with Crippen LogP contribution in [-0.2, 0) is 23.5 Å². The third-order valence-corrected chi connectivity index (χ3v) is 7.94. The first-order valence-corrected chi connectivity index (χ1v) is 14.7. The normalized spacial score (nSPS) is 16.3. The number of ether oxygens (including phenoxy) is 3. The van der Waals surface area contributed by atoms with Gasteiger partial charge in [-0.3, -0.25) is 4.68 Å². The van der Waals surface area contributed by atoms with Crippen LogP contribution in [0.15, 0.2) is 79.5 Å². The van der Waals surface area contributed by atoms with Gasteiger partial charge < -0.3 is 19.3 Å². The highest BCUT2D eigenvalue weighted by atomic mass is 16.6. The zero-order valence-corrected chi connectivity index (χ0v) is 23.6. The summed E-state index contributed by atoms with van der Waals surface area (Å²) in [7, 11) is 0. The molecule has 0 bridgehead atoms. The van der Waals surface area contributed by atoms with Crippen LogP contribution in [0, 0.1) is 0 Å². The van der Waals surface area contributed by atoms with Gasteiger partial charge in [-0.2, -0.15) is 0 Å². The maximum absolute atomic E-state index is 13.0. The van der Waals surface area contributed by atoms with E-state index in [9.17, 15) is 9.90 Å². The summed E-state index contributed by atoms with van der Waals surface area (Å²) in [6.45, 7) is 4.87. The summed E-state index contributed by atoms with van der Waals surface area (Å²) in [5, 5.41) is 18.7. The Morgan fingerprint density at radius 2 is 1.64 bits per heavy atom. The van der Waals surface area contributed by atoms with Crippen LogP contribution in [0.25, 0.3) is 0 Å². The van der Waals surface area contributed by atoms with Crippen LogP contribution < -0.4 is 9.47 Å². The second kappa shape index (κ2) is 12.1. The van der Waals surface area contributed by atoms with Crippen molar-refractivity contribution < 1.29 is 24.1 Å². The number of unbranched alkanes of at least 4 members (excludes halogenated alkanes) is 7. The number of carbonyl (C=O) groups excluding carboxylic acids is 1. The molecule has 6 rings (SSSR count). The molecule has 3 aromatic carbocycles. The fourth-order valence-corrected chi connectivity index (χ4v) is 5.85. The van der Waals surface area contributed by atoms with E-state index in [1.165, 1.54) is 44.6 Å². The van der Waals surface area contributed by atoms with Crippen LogP contribution in [0.1, 0.15) is 84.1 Å². The lowest BCUT2D eigenvalue weighted by atomic mass is 9.77. The molecule has 0 saturated heterocycles. The monoisotopic (exact) mass is 565 g/mol. The molecule has 0 aliphatic carbocycles. The summed E-state index contributed by atoms with van der Waals surface area (Å²) in [5.74, 6) is 1.13. The minimum atomic E-state index is -1.18. The topological polar surface area (TPSA) is 95.7 Å². The lowest BCUT2D eigenvalue weighted by Crippen LogP contribution is -2.32. The average Bonchev–Trinajstić information content (AvgIpc) is 3.57. The van der Waals surface area contributed by atoms with Crippen molar-refractivity contribution in [3.05, 3.63) is 107 Å². The predicted molar refractivity (Wildman–Crippen MR) is 158 cm³/mol. The van der Waals surface area contributed by atoms with Crippen LogP contribution in [0.4, 0.5) is 0 Å². The van der Waals surface area contributed by atoms with Gasteiger partial charge in [0.05, 0.1) is 11.8 Å².